The van der Waals surface area contributed by atoms with Gasteiger partial charge in [-0.3, -0.25) is 9.78 Å². The maximum atomic E-state index is 11.1. The van der Waals surface area contributed by atoms with E-state index in [2.05, 4.69) is 75.4 Å². The van der Waals surface area contributed by atoms with Gasteiger partial charge in [-0.15, -0.1) is 0 Å². The van der Waals surface area contributed by atoms with E-state index in [-0.39, 0.29) is 22.7 Å². The van der Waals surface area contributed by atoms with Gasteiger partial charge in [0, 0.05) is 12.4 Å². The molecule has 6 rings (SSSR count). The van der Waals surface area contributed by atoms with E-state index in [1.807, 2.05) is 0 Å². The lowest BCUT2D eigenvalue weighted by Gasteiger charge is -2.30. The molecule has 2 aromatic heterocycles. The number of nitrogen functional groups attached to an aromatic ring is 1. The Bertz CT molecular complexity index is 1420. The molecule has 0 spiro atoms. The summed E-state index contributed by atoms with van der Waals surface area (Å²) in [4.78, 5) is 24.9. The van der Waals surface area contributed by atoms with Gasteiger partial charge in [-0.25, -0.2) is 9.97 Å². The number of nitrogens with two attached hydrogens (primary N) is 1. The quantitative estimate of drug-likeness (QED) is 0.448. The lowest BCUT2D eigenvalue weighted by atomic mass is 9.74. The number of H-pyrrole nitrogens is 1. The Hall–Kier alpha value is -3.80. The molecule has 1 atom stereocenters. The molecule has 6 heteroatoms. The van der Waals surface area contributed by atoms with Gasteiger partial charge in [-0.2, -0.15) is 4.98 Å². The minimum Gasteiger partial charge on any atom is -0.369 e. The first-order valence-corrected chi connectivity index (χ1v) is 10.5. The Morgan fingerprint density at radius 1 is 1.10 bits per heavy atom. The Balaban J connectivity index is 0.000000147. The van der Waals surface area contributed by atoms with Crippen LogP contribution in [0, 0.1) is 5.92 Å². The molecule has 6 nitrogen and oxygen atoms in total. The van der Waals surface area contributed by atoms with Gasteiger partial charge in [0.05, 0.1) is 0 Å². The summed E-state index contributed by atoms with van der Waals surface area (Å²) in [5.74, 6) is 0.742. The largest absolute Gasteiger partial charge is 0.369 e. The van der Waals surface area contributed by atoms with Crippen LogP contribution in [0.1, 0.15) is 30.9 Å². The second-order valence-corrected chi connectivity index (χ2v) is 7.98. The van der Waals surface area contributed by atoms with Crippen molar-refractivity contribution in [3.05, 3.63) is 88.0 Å². The molecule has 0 saturated heterocycles. The molecular formula is C25H23N5O. The summed E-state index contributed by atoms with van der Waals surface area (Å²) >= 11 is 0. The highest BCUT2D eigenvalue weighted by Crippen LogP contribution is 2.42. The van der Waals surface area contributed by atoms with Gasteiger partial charge >= 0.3 is 0 Å². The summed E-state index contributed by atoms with van der Waals surface area (Å²) < 4.78 is 0. The summed E-state index contributed by atoms with van der Waals surface area (Å²) in [6, 6.07) is 13.4. The standard InChI is InChI=1S/C19H18.C6H5N5O/c1-13-12-19-16-8-3-2-6-14(16)10-11-18(19)17-9-5-4-7-15(13)17;7-6-10-4-3(5(12)11-6)8-1-2-9-4/h2-3,5-6,8-11,13H,4,7,12H2,1H3;1-2H,(H3,7,9,10,11,12). The number of nitrogens with one attached hydrogen (secondary N) is 1. The van der Waals surface area contributed by atoms with Crippen LogP contribution in [0.2, 0.25) is 0 Å². The van der Waals surface area contributed by atoms with Crippen LogP contribution in [0.3, 0.4) is 0 Å². The van der Waals surface area contributed by atoms with Gasteiger partial charge in [0.2, 0.25) is 5.95 Å². The molecule has 0 bridgehead atoms. The molecule has 0 saturated carbocycles. The lowest BCUT2D eigenvalue weighted by molar-refractivity contribution is 0.634. The van der Waals surface area contributed by atoms with Gasteiger partial charge < -0.3 is 5.73 Å². The zero-order valence-corrected chi connectivity index (χ0v) is 17.3. The number of hydrogen-bond acceptors (Lipinski definition) is 5. The van der Waals surface area contributed by atoms with Crippen molar-refractivity contribution in [1.29, 1.82) is 0 Å². The van der Waals surface area contributed by atoms with Gasteiger partial charge in [0.1, 0.15) is 0 Å². The molecule has 0 fully saturated rings. The average molecular weight is 409 g/mol. The number of aromatic nitrogens is 4. The summed E-state index contributed by atoms with van der Waals surface area (Å²) in [6.07, 6.45) is 11.2. The number of allylic oxidation sites excluding steroid dienone is 4. The van der Waals surface area contributed by atoms with E-state index >= 15 is 0 Å². The van der Waals surface area contributed by atoms with Gasteiger partial charge in [-0.1, -0.05) is 61.0 Å². The Kier molecular flexibility index (Phi) is 4.82. The van der Waals surface area contributed by atoms with E-state index in [4.69, 9.17) is 5.73 Å². The van der Waals surface area contributed by atoms with Crippen LogP contribution in [0.5, 0.6) is 0 Å². The molecule has 0 amide bonds. The molecule has 1 unspecified atom stereocenters. The third-order valence-electron chi connectivity index (χ3n) is 6.01. The first-order chi connectivity index (χ1) is 15.1. The monoisotopic (exact) mass is 409 g/mol. The summed E-state index contributed by atoms with van der Waals surface area (Å²) in [6.45, 7) is 2.39. The Labute approximate surface area is 179 Å². The third kappa shape index (κ3) is 3.50. The van der Waals surface area contributed by atoms with Crippen molar-refractivity contribution in [3.63, 3.8) is 0 Å². The first-order valence-electron chi connectivity index (χ1n) is 10.5. The minimum atomic E-state index is -0.370. The molecule has 2 heterocycles. The third-order valence-corrected chi connectivity index (χ3v) is 6.01. The van der Waals surface area contributed by atoms with E-state index < -0.39 is 0 Å². The van der Waals surface area contributed by atoms with Crippen LogP contribution in [0.4, 0.5) is 5.95 Å². The van der Waals surface area contributed by atoms with E-state index in [1.54, 1.807) is 11.1 Å². The second-order valence-electron chi connectivity index (χ2n) is 7.98. The molecule has 2 aromatic carbocycles. The summed E-state index contributed by atoms with van der Waals surface area (Å²) in [5.41, 5.74) is 11.6. The molecule has 4 aromatic rings. The SMILES string of the molecule is CC1Cc2c(ccc3ccccc23)C2=C1CCC=C2.Nc1nc2nccnc2c(=O)[nH]1. The van der Waals surface area contributed by atoms with Crippen molar-refractivity contribution in [3.8, 4) is 0 Å². The molecule has 3 N–H and O–H groups in total. The predicted octanol–water partition coefficient (Wildman–Crippen LogP) is 4.43. The van der Waals surface area contributed by atoms with Crippen molar-refractivity contribution < 1.29 is 0 Å². The normalized spacial score (nSPS) is 17.1. The molecule has 31 heavy (non-hydrogen) atoms. The van der Waals surface area contributed by atoms with E-state index in [0.29, 0.717) is 5.92 Å². The fourth-order valence-electron chi connectivity index (χ4n) is 4.58. The van der Waals surface area contributed by atoms with Crippen LogP contribution in [0.15, 0.2) is 71.3 Å². The topological polar surface area (TPSA) is 97.5 Å². The molecule has 154 valence electrons. The molecule has 2 aliphatic rings. The van der Waals surface area contributed by atoms with Crippen LogP contribution in [0.25, 0.3) is 27.5 Å². The number of hydrogen-bond donors (Lipinski definition) is 2. The molecule has 2 aliphatic carbocycles. The fourth-order valence-corrected chi connectivity index (χ4v) is 4.58. The second kappa shape index (κ2) is 7.80. The highest BCUT2D eigenvalue weighted by Gasteiger charge is 2.25. The number of rotatable bonds is 0. The number of benzene rings is 2. The van der Waals surface area contributed by atoms with Gasteiger partial charge in [0.15, 0.2) is 11.2 Å². The summed E-state index contributed by atoms with van der Waals surface area (Å²) in [5, 5.41) is 2.81. The molecule has 0 aliphatic heterocycles. The number of anilines is 1. The minimum absolute atomic E-state index is 0.0491. The van der Waals surface area contributed by atoms with Gasteiger partial charge in [0.25, 0.3) is 5.56 Å². The van der Waals surface area contributed by atoms with E-state index in [1.165, 1.54) is 53.6 Å². The highest BCUT2D eigenvalue weighted by molar-refractivity contribution is 5.94. The number of fused-ring (bicyclic) bond motifs is 5. The Morgan fingerprint density at radius 3 is 2.84 bits per heavy atom. The maximum absolute atomic E-state index is 11.1. The fraction of sp³-hybridized carbons (Fsp3) is 0.200. The lowest BCUT2D eigenvalue weighted by Crippen LogP contribution is -2.15. The van der Waals surface area contributed by atoms with Crippen molar-refractivity contribution in [2.45, 2.75) is 26.2 Å². The zero-order valence-electron chi connectivity index (χ0n) is 17.3. The van der Waals surface area contributed by atoms with Crippen molar-refractivity contribution in [1.82, 2.24) is 19.9 Å². The Morgan fingerprint density at radius 2 is 1.94 bits per heavy atom. The van der Waals surface area contributed by atoms with Crippen LogP contribution in [-0.4, -0.2) is 19.9 Å². The van der Waals surface area contributed by atoms with Crippen LogP contribution >= 0.6 is 0 Å². The van der Waals surface area contributed by atoms with Gasteiger partial charge in [-0.05, 0) is 52.7 Å². The summed E-state index contributed by atoms with van der Waals surface area (Å²) in [7, 11) is 0. The zero-order chi connectivity index (χ0) is 21.4. The van der Waals surface area contributed by atoms with Crippen molar-refractivity contribution in [2.75, 3.05) is 5.73 Å². The first kappa shape index (κ1) is 19.2. The van der Waals surface area contributed by atoms with E-state index in [9.17, 15) is 4.79 Å². The highest BCUT2D eigenvalue weighted by atomic mass is 16.1. The van der Waals surface area contributed by atoms with Crippen LogP contribution in [-0.2, 0) is 6.42 Å². The van der Waals surface area contributed by atoms with Crippen molar-refractivity contribution in [2.24, 2.45) is 5.92 Å². The molecule has 0 radical (unpaired) electrons. The maximum Gasteiger partial charge on any atom is 0.280 e. The van der Waals surface area contributed by atoms with Crippen molar-refractivity contribution >= 4 is 33.5 Å². The van der Waals surface area contributed by atoms with E-state index in [0.717, 1.165) is 0 Å². The molecular weight excluding hydrogens is 386 g/mol. The average Bonchev–Trinajstić information content (AvgIpc) is 2.80. The number of nitrogens with zero attached hydrogens (tertiary/aromatic N) is 3. The number of aromatic amines is 1. The predicted molar refractivity (Wildman–Crippen MR) is 124 cm³/mol. The van der Waals surface area contributed by atoms with Crippen LogP contribution < -0.4 is 11.3 Å². The smallest absolute Gasteiger partial charge is 0.280 e.